The topological polar surface area (TPSA) is 35.5 Å². The van der Waals surface area contributed by atoms with E-state index >= 15 is 0 Å². The lowest BCUT2D eigenvalue weighted by Gasteiger charge is -2.29. The molecule has 4 rings (SSSR count). The van der Waals surface area contributed by atoms with Crippen LogP contribution in [0, 0.1) is 5.82 Å². The molecule has 1 saturated carbocycles. The summed E-state index contributed by atoms with van der Waals surface area (Å²) in [6.45, 7) is 4.24. The Hall–Kier alpha value is -2.50. The van der Waals surface area contributed by atoms with Gasteiger partial charge in [0.2, 0.25) is 0 Å². The van der Waals surface area contributed by atoms with Crippen molar-refractivity contribution in [3.05, 3.63) is 88.1 Å². The number of hydrogen-bond acceptors (Lipinski definition) is 3. The lowest BCUT2D eigenvalue weighted by atomic mass is 9.94. The third-order valence-corrected chi connectivity index (χ3v) is 6.87. The third kappa shape index (κ3) is 8.29. The van der Waals surface area contributed by atoms with Crippen LogP contribution in [0.25, 0.3) is 11.1 Å². The molecular weight excluding hydrogens is 507 g/mol. The summed E-state index contributed by atoms with van der Waals surface area (Å²) in [5.41, 5.74) is 4.38. The predicted octanol–water partition coefficient (Wildman–Crippen LogP) is 8.32. The molecule has 1 aliphatic carbocycles. The zero-order valence-electron chi connectivity index (χ0n) is 20.5. The number of ether oxygens (including phenoxy) is 2. The molecule has 186 valence electrons. The lowest BCUT2D eigenvalue weighted by molar-refractivity contribution is -0.106. The second-order valence-electron chi connectivity index (χ2n) is 8.73. The molecule has 0 bridgehead atoms. The van der Waals surface area contributed by atoms with Crippen LogP contribution >= 0.6 is 15.9 Å². The van der Waals surface area contributed by atoms with E-state index in [0.717, 1.165) is 66.2 Å². The number of carbonyl (C=O) groups excluding carboxylic acids is 1. The Kier molecular flexibility index (Phi) is 11.0. The molecule has 3 nitrogen and oxygen atoms in total. The van der Waals surface area contributed by atoms with Gasteiger partial charge in [-0.15, -0.1) is 0 Å². The van der Waals surface area contributed by atoms with Gasteiger partial charge in [-0.2, -0.15) is 0 Å². The van der Waals surface area contributed by atoms with Gasteiger partial charge in [0.25, 0.3) is 0 Å². The van der Waals surface area contributed by atoms with E-state index in [1.54, 1.807) is 12.1 Å². The summed E-state index contributed by atoms with van der Waals surface area (Å²) < 4.78 is 27.4. The quantitative estimate of drug-likeness (QED) is 0.269. The number of benzene rings is 3. The molecule has 0 heterocycles. The second kappa shape index (κ2) is 14.2. The fourth-order valence-corrected chi connectivity index (χ4v) is 4.77. The first kappa shape index (κ1) is 27.1. The first-order chi connectivity index (χ1) is 17.0. The van der Waals surface area contributed by atoms with Crippen LogP contribution < -0.4 is 4.74 Å². The highest BCUT2D eigenvalue weighted by atomic mass is 79.9. The van der Waals surface area contributed by atoms with Gasteiger partial charge in [-0.3, -0.25) is 0 Å². The minimum atomic E-state index is -0.211. The standard InChI is InChI=1S/C28H30BrFO2.C2H4O/c1-2-6-20-11-12-26(18-27(20)21-8-5-9-23(30)17-21)32-25-15-13-24(14-16-25)31-19-22-7-3-4-10-28(22)29;1-2-3/h3-5,7-12,17-18,24-25H,2,6,13-16,19H2,1H3;2H,1H3. The zero-order valence-corrected chi connectivity index (χ0v) is 22.1. The summed E-state index contributed by atoms with van der Waals surface area (Å²) in [5.74, 6) is 0.652. The molecule has 1 fully saturated rings. The lowest BCUT2D eigenvalue weighted by Crippen LogP contribution is -2.28. The maximum absolute atomic E-state index is 13.8. The average molecular weight is 542 g/mol. The summed E-state index contributed by atoms with van der Waals surface area (Å²) in [7, 11) is 0. The summed E-state index contributed by atoms with van der Waals surface area (Å²) in [4.78, 5) is 8.81. The molecule has 0 amide bonds. The first-order valence-electron chi connectivity index (χ1n) is 12.3. The highest BCUT2D eigenvalue weighted by Gasteiger charge is 2.23. The molecule has 0 N–H and O–H groups in total. The maximum Gasteiger partial charge on any atom is 0.123 e. The van der Waals surface area contributed by atoms with Crippen LogP contribution in [0.2, 0.25) is 0 Å². The predicted molar refractivity (Wildman–Crippen MR) is 143 cm³/mol. The molecule has 1 aliphatic rings. The average Bonchev–Trinajstić information content (AvgIpc) is 2.86. The van der Waals surface area contributed by atoms with E-state index < -0.39 is 0 Å². The van der Waals surface area contributed by atoms with E-state index in [-0.39, 0.29) is 18.0 Å². The van der Waals surface area contributed by atoms with Gasteiger partial charge in [-0.1, -0.05) is 65.7 Å². The summed E-state index contributed by atoms with van der Waals surface area (Å²) >= 11 is 3.59. The molecule has 0 saturated heterocycles. The van der Waals surface area contributed by atoms with Crippen molar-refractivity contribution < 1.29 is 18.7 Å². The van der Waals surface area contributed by atoms with E-state index in [0.29, 0.717) is 6.61 Å². The van der Waals surface area contributed by atoms with E-state index in [9.17, 15) is 4.39 Å². The fraction of sp³-hybridized carbons (Fsp3) is 0.367. The van der Waals surface area contributed by atoms with Crippen LogP contribution in [0.5, 0.6) is 5.75 Å². The van der Waals surface area contributed by atoms with Gasteiger partial charge in [0, 0.05) is 4.47 Å². The summed E-state index contributed by atoms with van der Waals surface area (Å²) in [5, 5.41) is 0. The van der Waals surface area contributed by atoms with E-state index in [2.05, 4.69) is 47.1 Å². The van der Waals surface area contributed by atoms with E-state index in [4.69, 9.17) is 14.3 Å². The fourth-order valence-electron chi connectivity index (χ4n) is 4.37. The number of rotatable bonds is 8. The van der Waals surface area contributed by atoms with Gasteiger partial charge in [0.05, 0.1) is 18.8 Å². The van der Waals surface area contributed by atoms with Crippen molar-refractivity contribution in [2.24, 2.45) is 0 Å². The number of carbonyl (C=O) groups is 1. The monoisotopic (exact) mass is 540 g/mol. The molecule has 5 heteroatoms. The van der Waals surface area contributed by atoms with Crippen molar-refractivity contribution >= 4 is 22.2 Å². The van der Waals surface area contributed by atoms with Gasteiger partial charge < -0.3 is 14.3 Å². The molecule has 0 radical (unpaired) electrons. The Morgan fingerprint density at radius 2 is 1.66 bits per heavy atom. The van der Waals surface area contributed by atoms with E-state index in [1.165, 1.54) is 24.1 Å². The Labute approximate surface area is 216 Å². The highest BCUT2D eigenvalue weighted by Crippen LogP contribution is 2.32. The van der Waals surface area contributed by atoms with Crippen molar-refractivity contribution in [2.45, 2.75) is 71.2 Å². The van der Waals surface area contributed by atoms with Crippen molar-refractivity contribution in [1.82, 2.24) is 0 Å². The number of hydrogen-bond donors (Lipinski definition) is 0. The number of aldehydes is 1. The highest BCUT2D eigenvalue weighted by molar-refractivity contribution is 9.10. The van der Waals surface area contributed by atoms with Crippen LogP contribution in [-0.4, -0.2) is 18.5 Å². The smallest absolute Gasteiger partial charge is 0.123 e. The minimum Gasteiger partial charge on any atom is -0.490 e. The summed E-state index contributed by atoms with van der Waals surface area (Å²) in [6, 6.07) is 21.3. The first-order valence-corrected chi connectivity index (χ1v) is 13.1. The Morgan fingerprint density at radius 3 is 2.34 bits per heavy atom. The SMILES string of the molecule is CC=O.CCCc1ccc(OC2CCC(OCc3ccccc3Br)CC2)cc1-c1cccc(F)c1. The van der Waals surface area contributed by atoms with Gasteiger partial charge in [-0.25, -0.2) is 4.39 Å². The molecule has 0 unspecified atom stereocenters. The van der Waals surface area contributed by atoms with Crippen molar-refractivity contribution in [3.8, 4) is 16.9 Å². The molecule has 0 atom stereocenters. The van der Waals surface area contributed by atoms with Crippen molar-refractivity contribution in [1.29, 1.82) is 0 Å². The molecule has 0 aliphatic heterocycles. The van der Waals surface area contributed by atoms with Crippen LogP contribution in [0.4, 0.5) is 4.39 Å². The number of halogens is 2. The Bertz CT molecular complexity index is 1080. The number of aryl methyl sites for hydroxylation is 1. The Balaban J connectivity index is 0.00000108. The molecule has 35 heavy (non-hydrogen) atoms. The van der Waals surface area contributed by atoms with Crippen LogP contribution in [0.1, 0.15) is 57.1 Å². The zero-order chi connectivity index (χ0) is 25.0. The van der Waals surface area contributed by atoms with Gasteiger partial charge in [-0.05, 0) is 91.6 Å². The van der Waals surface area contributed by atoms with Gasteiger partial charge >= 0.3 is 0 Å². The van der Waals surface area contributed by atoms with Crippen molar-refractivity contribution in [3.63, 3.8) is 0 Å². The minimum absolute atomic E-state index is 0.190. The summed E-state index contributed by atoms with van der Waals surface area (Å²) in [6.07, 6.45) is 7.18. The molecule has 3 aromatic carbocycles. The van der Waals surface area contributed by atoms with Crippen LogP contribution in [0.3, 0.4) is 0 Å². The van der Waals surface area contributed by atoms with Crippen molar-refractivity contribution in [2.75, 3.05) is 0 Å². The molecule has 3 aromatic rings. The maximum atomic E-state index is 13.8. The molecule has 0 aromatic heterocycles. The molecular formula is C30H34BrFO3. The second-order valence-corrected chi connectivity index (χ2v) is 9.59. The largest absolute Gasteiger partial charge is 0.490 e. The van der Waals surface area contributed by atoms with Gasteiger partial charge in [0.15, 0.2) is 0 Å². The normalized spacial score (nSPS) is 17.3. The van der Waals surface area contributed by atoms with Gasteiger partial charge in [0.1, 0.15) is 17.9 Å². The van der Waals surface area contributed by atoms with Crippen LogP contribution in [0.15, 0.2) is 71.2 Å². The van der Waals surface area contributed by atoms with E-state index in [1.807, 2.05) is 24.3 Å². The third-order valence-electron chi connectivity index (χ3n) is 6.09. The molecule has 0 spiro atoms. The van der Waals surface area contributed by atoms with Crippen LogP contribution in [-0.2, 0) is 22.6 Å². The Morgan fingerprint density at radius 1 is 0.943 bits per heavy atom.